The Labute approximate surface area is 138 Å². The Morgan fingerprint density at radius 1 is 1.26 bits per heavy atom. The van der Waals surface area contributed by atoms with Crippen molar-refractivity contribution in [1.29, 1.82) is 0 Å². The van der Waals surface area contributed by atoms with Gasteiger partial charge in [-0.25, -0.2) is 0 Å². The van der Waals surface area contributed by atoms with Crippen molar-refractivity contribution in [3.8, 4) is 5.75 Å². The Hall–Kier alpha value is -2.04. The standard InChI is InChI=1S/C18H26N2O3/c1-13-9-10-17(23-3)16(11-13)20(14(2)21)12-18(22)19-15-7-5-4-6-8-15/h9-11,15H,4-8,12H2,1-3H3,(H,19,22). The summed E-state index contributed by atoms with van der Waals surface area (Å²) in [5, 5.41) is 3.05. The van der Waals surface area contributed by atoms with Crippen molar-refractivity contribution in [2.45, 2.75) is 52.0 Å². The zero-order valence-electron chi connectivity index (χ0n) is 14.2. The molecule has 0 saturated heterocycles. The summed E-state index contributed by atoms with van der Waals surface area (Å²) in [5.74, 6) is 0.305. The van der Waals surface area contributed by atoms with Gasteiger partial charge in [0.1, 0.15) is 12.3 Å². The van der Waals surface area contributed by atoms with Crippen molar-refractivity contribution >= 4 is 17.5 Å². The molecule has 0 spiro atoms. The van der Waals surface area contributed by atoms with Crippen molar-refractivity contribution in [3.05, 3.63) is 23.8 Å². The van der Waals surface area contributed by atoms with E-state index in [1.54, 1.807) is 7.11 Å². The third-order valence-electron chi connectivity index (χ3n) is 4.28. The van der Waals surface area contributed by atoms with Gasteiger partial charge >= 0.3 is 0 Å². The summed E-state index contributed by atoms with van der Waals surface area (Å²) >= 11 is 0. The highest BCUT2D eigenvalue weighted by Crippen LogP contribution is 2.29. The summed E-state index contributed by atoms with van der Waals surface area (Å²) in [6.45, 7) is 3.44. The Kier molecular flexibility index (Phi) is 6.02. The second kappa shape index (κ2) is 7.99. The molecule has 0 heterocycles. The molecule has 0 unspecified atom stereocenters. The van der Waals surface area contributed by atoms with Crippen LogP contribution in [0.5, 0.6) is 5.75 Å². The van der Waals surface area contributed by atoms with E-state index in [9.17, 15) is 9.59 Å². The average molecular weight is 318 g/mol. The number of anilines is 1. The number of aryl methyl sites for hydroxylation is 1. The lowest BCUT2D eigenvalue weighted by Gasteiger charge is -2.26. The third-order valence-corrected chi connectivity index (χ3v) is 4.28. The lowest BCUT2D eigenvalue weighted by atomic mass is 9.95. The van der Waals surface area contributed by atoms with Gasteiger partial charge in [-0.15, -0.1) is 0 Å². The van der Waals surface area contributed by atoms with Crippen LogP contribution in [0.4, 0.5) is 5.69 Å². The summed E-state index contributed by atoms with van der Waals surface area (Å²) < 4.78 is 5.34. The molecular weight excluding hydrogens is 292 g/mol. The van der Waals surface area contributed by atoms with Gasteiger partial charge in [0.05, 0.1) is 12.8 Å². The van der Waals surface area contributed by atoms with Gasteiger partial charge in [-0.05, 0) is 37.5 Å². The zero-order valence-corrected chi connectivity index (χ0v) is 14.2. The molecule has 2 amide bonds. The van der Waals surface area contributed by atoms with Crippen LogP contribution in [0.3, 0.4) is 0 Å². The van der Waals surface area contributed by atoms with E-state index in [0.29, 0.717) is 11.4 Å². The van der Waals surface area contributed by atoms with Gasteiger partial charge in [-0.2, -0.15) is 0 Å². The first-order valence-corrected chi connectivity index (χ1v) is 8.23. The second-order valence-electron chi connectivity index (χ2n) is 6.18. The number of carbonyl (C=O) groups excluding carboxylic acids is 2. The topological polar surface area (TPSA) is 58.6 Å². The van der Waals surface area contributed by atoms with E-state index in [-0.39, 0.29) is 24.4 Å². The van der Waals surface area contributed by atoms with Crippen molar-refractivity contribution in [1.82, 2.24) is 5.32 Å². The van der Waals surface area contributed by atoms with Crippen LogP contribution < -0.4 is 15.0 Å². The van der Waals surface area contributed by atoms with Crippen LogP contribution in [-0.4, -0.2) is 31.5 Å². The molecule has 2 rings (SSSR count). The normalized spacial score (nSPS) is 15.1. The van der Waals surface area contributed by atoms with Gasteiger partial charge in [0.2, 0.25) is 11.8 Å². The zero-order chi connectivity index (χ0) is 16.8. The van der Waals surface area contributed by atoms with Crippen molar-refractivity contribution in [3.63, 3.8) is 0 Å². The minimum Gasteiger partial charge on any atom is -0.495 e. The number of rotatable bonds is 5. The number of amides is 2. The molecule has 5 heteroatoms. The molecule has 23 heavy (non-hydrogen) atoms. The predicted molar refractivity (Wildman–Crippen MR) is 90.8 cm³/mol. The van der Waals surface area contributed by atoms with E-state index in [4.69, 9.17) is 4.74 Å². The highest BCUT2D eigenvalue weighted by Gasteiger charge is 2.22. The lowest BCUT2D eigenvalue weighted by molar-refractivity contribution is -0.123. The van der Waals surface area contributed by atoms with Gasteiger partial charge in [0.15, 0.2) is 0 Å². The van der Waals surface area contributed by atoms with Crippen LogP contribution in [0, 0.1) is 6.92 Å². The highest BCUT2D eigenvalue weighted by atomic mass is 16.5. The molecule has 0 radical (unpaired) electrons. The van der Waals surface area contributed by atoms with Crippen molar-refractivity contribution in [2.24, 2.45) is 0 Å². The predicted octanol–water partition coefficient (Wildman–Crippen LogP) is 2.81. The lowest BCUT2D eigenvalue weighted by Crippen LogP contribution is -2.44. The first-order chi connectivity index (χ1) is 11.0. The number of nitrogens with one attached hydrogen (secondary N) is 1. The molecule has 1 aliphatic carbocycles. The van der Waals surface area contributed by atoms with Crippen molar-refractivity contribution < 1.29 is 14.3 Å². The summed E-state index contributed by atoms with van der Waals surface area (Å²) in [7, 11) is 1.56. The highest BCUT2D eigenvalue weighted by molar-refractivity contribution is 5.98. The monoisotopic (exact) mass is 318 g/mol. The van der Waals surface area contributed by atoms with Gasteiger partial charge in [0, 0.05) is 13.0 Å². The maximum absolute atomic E-state index is 12.3. The first kappa shape index (κ1) is 17.3. The molecule has 126 valence electrons. The molecule has 5 nitrogen and oxygen atoms in total. The largest absolute Gasteiger partial charge is 0.495 e. The van der Waals surface area contributed by atoms with Crippen molar-refractivity contribution in [2.75, 3.05) is 18.6 Å². The molecule has 1 aliphatic rings. The van der Waals surface area contributed by atoms with E-state index < -0.39 is 0 Å². The second-order valence-corrected chi connectivity index (χ2v) is 6.18. The fraction of sp³-hybridized carbons (Fsp3) is 0.556. The fourth-order valence-corrected chi connectivity index (χ4v) is 3.04. The van der Waals surface area contributed by atoms with Crippen LogP contribution in [0.2, 0.25) is 0 Å². The van der Waals surface area contributed by atoms with E-state index in [1.165, 1.54) is 18.2 Å². The minimum absolute atomic E-state index is 0.0195. The number of carbonyl (C=O) groups is 2. The fourth-order valence-electron chi connectivity index (χ4n) is 3.04. The first-order valence-electron chi connectivity index (χ1n) is 8.23. The van der Waals surface area contributed by atoms with E-state index >= 15 is 0 Å². The van der Waals surface area contributed by atoms with Crippen LogP contribution in [0.25, 0.3) is 0 Å². The summed E-state index contributed by atoms with van der Waals surface area (Å²) in [6.07, 6.45) is 5.62. The molecule has 1 N–H and O–H groups in total. The Bertz CT molecular complexity index is 565. The number of benzene rings is 1. The van der Waals surface area contributed by atoms with Crippen LogP contribution in [-0.2, 0) is 9.59 Å². The summed E-state index contributed by atoms with van der Waals surface area (Å²) in [5.41, 5.74) is 1.65. The smallest absolute Gasteiger partial charge is 0.240 e. The van der Waals surface area contributed by atoms with Gasteiger partial charge in [0.25, 0.3) is 0 Å². The van der Waals surface area contributed by atoms with E-state index in [0.717, 1.165) is 31.2 Å². The Morgan fingerprint density at radius 2 is 1.96 bits per heavy atom. The van der Waals surface area contributed by atoms with Crippen LogP contribution in [0.1, 0.15) is 44.6 Å². The molecule has 0 aliphatic heterocycles. The molecule has 0 bridgehead atoms. The number of methoxy groups -OCH3 is 1. The molecule has 1 saturated carbocycles. The van der Waals surface area contributed by atoms with Gasteiger partial charge < -0.3 is 10.1 Å². The Balaban J connectivity index is 2.11. The van der Waals surface area contributed by atoms with Crippen LogP contribution >= 0.6 is 0 Å². The molecule has 1 aromatic rings. The van der Waals surface area contributed by atoms with Gasteiger partial charge in [-0.1, -0.05) is 25.3 Å². The molecule has 1 fully saturated rings. The van der Waals surface area contributed by atoms with E-state index in [2.05, 4.69) is 5.32 Å². The van der Waals surface area contributed by atoms with Crippen LogP contribution in [0.15, 0.2) is 18.2 Å². The SMILES string of the molecule is COc1ccc(C)cc1N(CC(=O)NC1CCCCC1)C(C)=O. The Morgan fingerprint density at radius 3 is 2.57 bits per heavy atom. The molecule has 0 aromatic heterocycles. The number of hydrogen-bond donors (Lipinski definition) is 1. The molecule has 0 atom stereocenters. The molecule has 1 aromatic carbocycles. The average Bonchev–Trinajstić information content (AvgIpc) is 2.53. The maximum atomic E-state index is 12.3. The number of hydrogen-bond acceptors (Lipinski definition) is 3. The number of nitrogens with zero attached hydrogens (tertiary/aromatic N) is 1. The summed E-state index contributed by atoms with van der Waals surface area (Å²) in [6, 6.07) is 5.85. The third kappa shape index (κ3) is 4.71. The number of ether oxygens (including phenoxy) is 1. The molecular formula is C18H26N2O3. The quantitative estimate of drug-likeness (QED) is 0.908. The minimum atomic E-state index is -0.173. The van der Waals surface area contributed by atoms with Gasteiger partial charge in [-0.3, -0.25) is 14.5 Å². The maximum Gasteiger partial charge on any atom is 0.240 e. The van der Waals surface area contributed by atoms with E-state index in [1.807, 2.05) is 25.1 Å². The summed E-state index contributed by atoms with van der Waals surface area (Å²) in [4.78, 5) is 25.9.